The molecular weight excluding hydrogens is 252 g/mol. The number of hydrogen-bond donors (Lipinski definition) is 1. The van der Waals surface area contributed by atoms with Crippen LogP contribution in [0, 0.1) is 0 Å². The van der Waals surface area contributed by atoms with E-state index in [1.54, 1.807) is 30.3 Å². The third-order valence-electron chi connectivity index (χ3n) is 2.56. The van der Waals surface area contributed by atoms with Crippen LogP contribution in [0.15, 0.2) is 30.3 Å². The van der Waals surface area contributed by atoms with Crippen molar-refractivity contribution in [3.8, 4) is 5.75 Å². The molecule has 0 radical (unpaired) electrons. The number of aliphatic hydroxyl groups is 1. The summed E-state index contributed by atoms with van der Waals surface area (Å²) in [5.41, 5.74) is 0. The first-order chi connectivity index (χ1) is 9.02. The van der Waals surface area contributed by atoms with Crippen LogP contribution in [0.4, 0.5) is 0 Å². The van der Waals surface area contributed by atoms with Crippen LogP contribution in [-0.2, 0) is 19.1 Å². The summed E-state index contributed by atoms with van der Waals surface area (Å²) in [4.78, 5) is 23.0. The number of rotatable bonds is 3. The molecule has 2 rings (SSSR count). The molecule has 0 aromatic heterocycles. The Morgan fingerprint density at radius 1 is 1.16 bits per heavy atom. The maximum atomic E-state index is 11.5. The van der Waals surface area contributed by atoms with Gasteiger partial charge in [0.05, 0.1) is 12.8 Å². The summed E-state index contributed by atoms with van der Waals surface area (Å²) in [6.07, 6.45) is -1.55. The van der Waals surface area contributed by atoms with Gasteiger partial charge in [-0.2, -0.15) is 0 Å². The Kier molecular flexibility index (Phi) is 3.71. The van der Waals surface area contributed by atoms with E-state index in [9.17, 15) is 14.7 Å². The van der Waals surface area contributed by atoms with Crippen LogP contribution < -0.4 is 4.74 Å². The Labute approximate surface area is 109 Å². The predicted molar refractivity (Wildman–Crippen MR) is 62.9 cm³/mol. The third-order valence-corrected chi connectivity index (χ3v) is 2.56. The lowest BCUT2D eigenvalue weighted by molar-refractivity contribution is -0.339. The molecule has 6 nitrogen and oxygen atoms in total. The summed E-state index contributed by atoms with van der Waals surface area (Å²) in [6.45, 7) is 1.31. The van der Waals surface area contributed by atoms with Crippen molar-refractivity contribution in [2.75, 3.05) is 0 Å². The van der Waals surface area contributed by atoms with Crippen LogP contribution >= 0.6 is 0 Å². The van der Waals surface area contributed by atoms with Crippen molar-refractivity contribution in [3.05, 3.63) is 30.3 Å². The molecule has 0 saturated carbocycles. The van der Waals surface area contributed by atoms with E-state index in [4.69, 9.17) is 14.2 Å². The summed E-state index contributed by atoms with van der Waals surface area (Å²) < 4.78 is 15.4. The molecule has 1 atom stereocenters. The van der Waals surface area contributed by atoms with Gasteiger partial charge >= 0.3 is 17.9 Å². The molecular formula is C13H14O6. The maximum absolute atomic E-state index is 11.5. The van der Waals surface area contributed by atoms with E-state index in [2.05, 4.69) is 0 Å². The minimum Gasteiger partial charge on any atom is -0.419 e. The number of benzene rings is 1. The summed E-state index contributed by atoms with van der Waals surface area (Å²) in [5, 5.41) is 9.77. The van der Waals surface area contributed by atoms with Gasteiger partial charge in [-0.1, -0.05) is 18.2 Å². The standard InChI is InChI=1S/C13H14O6/c1-9(14)13(17-10-5-3-2-4-6-10)18-11(15)7-8-12(16)19-13/h2-6,9,14H,7-8H2,1H3. The molecule has 0 bridgehead atoms. The molecule has 1 aliphatic heterocycles. The summed E-state index contributed by atoms with van der Waals surface area (Å²) in [5.74, 6) is -3.15. The lowest BCUT2D eigenvalue weighted by Gasteiger charge is -2.32. The Hall–Kier alpha value is -2.08. The number of esters is 2. The van der Waals surface area contributed by atoms with Gasteiger partial charge < -0.3 is 19.3 Å². The van der Waals surface area contributed by atoms with Crippen molar-refractivity contribution in [2.45, 2.75) is 31.8 Å². The number of carbonyl (C=O) groups excluding carboxylic acids is 2. The fourth-order valence-corrected chi connectivity index (χ4v) is 1.59. The summed E-state index contributed by atoms with van der Waals surface area (Å²) in [7, 11) is 0. The summed E-state index contributed by atoms with van der Waals surface area (Å²) in [6, 6.07) is 8.36. The van der Waals surface area contributed by atoms with Crippen LogP contribution in [0.3, 0.4) is 0 Å². The fraction of sp³-hybridized carbons (Fsp3) is 0.385. The Bertz CT molecular complexity index is 449. The zero-order valence-corrected chi connectivity index (χ0v) is 10.4. The molecule has 1 fully saturated rings. The summed E-state index contributed by atoms with van der Waals surface area (Å²) >= 11 is 0. The van der Waals surface area contributed by atoms with Gasteiger partial charge in [-0.25, -0.2) is 0 Å². The van der Waals surface area contributed by atoms with Crippen LogP contribution in [0.1, 0.15) is 19.8 Å². The molecule has 1 saturated heterocycles. The second-order valence-electron chi connectivity index (χ2n) is 4.14. The first-order valence-corrected chi connectivity index (χ1v) is 5.88. The van der Waals surface area contributed by atoms with Crippen molar-refractivity contribution < 1.29 is 28.9 Å². The highest BCUT2D eigenvalue weighted by atomic mass is 16.9. The normalized spacial score (nSPS) is 19.9. The first-order valence-electron chi connectivity index (χ1n) is 5.88. The van der Waals surface area contributed by atoms with Crippen LogP contribution in [0.5, 0.6) is 5.75 Å². The number of para-hydroxylation sites is 1. The molecule has 1 heterocycles. The largest absolute Gasteiger partial charge is 0.448 e. The molecule has 0 aliphatic carbocycles. The molecule has 6 heteroatoms. The van der Waals surface area contributed by atoms with Crippen molar-refractivity contribution in [1.82, 2.24) is 0 Å². The van der Waals surface area contributed by atoms with Gasteiger partial charge in [0.25, 0.3) is 0 Å². The molecule has 1 unspecified atom stereocenters. The van der Waals surface area contributed by atoms with Crippen LogP contribution in [-0.4, -0.2) is 29.1 Å². The molecule has 1 aromatic carbocycles. The van der Waals surface area contributed by atoms with Gasteiger partial charge in [0.1, 0.15) is 5.75 Å². The lowest BCUT2D eigenvalue weighted by Crippen LogP contribution is -2.52. The third kappa shape index (κ3) is 3.03. The number of aliphatic hydroxyl groups excluding tert-OH is 1. The smallest absolute Gasteiger partial charge is 0.419 e. The van der Waals surface area contributed by atoms with Gasteiger partial charge in [0, 0.05) is 0 Å². The number of ether oxygens (including phenoxy) is 3. The monoisotopic (exact) mass is 266 g/mol. The SMILES string of the molecule is CC(O)C1(Oc2ccccc2)OC(=O)CCC(=O)O1. The average molecular weight is 266 g/mol. The van der Waals surface area contributed by atoms with E-state index < -0.39 is 24.0 Å². The van der Waals surface area contributed by atoms with E-state index in [0.29, 0.717) is 5.75 Å². The highest BCUT2D eigenvalue weighted by Crippen LogP contribution is 2.28. The second-order valence-corrected chi connectivity index (χ2v) is 4.14. The van der Waals surface area contributed by atoms with Crippen molar-refractivity contribution in [1.29, 1.82) is 0 Å². The Balaban J connectivity index is 2.30. The fourth-order valence-electron chi connectivity index (χ4n) is 1.59. The van der Waals surface area contributed by atoms with E-state index in [1.165, 1.54) is 6.92 Å². The van der Waals surface area contributed by atoms with E-state index in [1.807, 2.05) is 0 Å². The van der Waals surface area contributed by atoms with Crippen molar-refractivity contribution in [3.63, 3.8) is 0 Å². The molecule has 1 aliphatic rings. The van der Waals surface area contributed by atoms with Gasteiger partial charge in [0.2, 0.25) is 0 Å². The van der Waals surface area contributed by atoms with E-state index in [0.717, 1.165) is 0 Å². The van der Waals surface area contributed by atoms with Crippen molar-refractivity contribution >= 4 is 11.9 Å². The first kappa shape index (κ1) is 13.4. The van der Waals surface area contributed by atoms with Gasteiger partial charge in [-0.05, 0) is 19.1 Å². The highest BCUT2D eigenvalue weighted by Gasteiger charge is 2.49. The molecule has 1 aromatic rings. The maximum Gasteiger partial charge on any atom is 0.448 e. The quantitative estimate of drug-likeness (QED) is 0.821. The molecule has 102 valence electrons. The molecule has 0 spiro atoms. The Morgan fingerprint density at radius 2 is 1.68 bits per heavy atom. The van der Waals surface area contributed by atoms with Gasteiger partial charge in [-0.3, -0.25) is 9.59 Å². The number of cyclic esters (lactones) is 2. The molecule has 19 heavy (non-hydrogen) atoms. The molecule has 0 amide bonds. The molecule has 1 N–H and O–H groups in total. The zero-order chi connectivity index (χ0) is 13.9. The average Bonchev–Trinajstić information content (AvgIpc) is 2.50. The predicted octanol–water partition coefficient (Wildman–Crippen LogP) is 0.980. The number of hydrogen-bond acceptors (Lipinski definition) is 6. The van der Waals surface area contributed by atoms with Crippen LogP contribution in [0.25, 0.3) is 0 Å². The Morgan fingerprint density at radius 3 is 2.16 bits per heavy atom. The van der Waals surface area contributed by atoms with E-state index in [-0.39, 0.29) is 12.8 Å². The highest BCUT2D eigenvalue weighted by molar-refractivity contribution is 5.79. The van der Waals surface area contributed by atoms with Gasteiger partial charge in [0.15, 0.2) is 6.10 Å². The topological polar surface area (TPSA) is 82.1 Å². The number of carbonyl (C=O) groups is 2. The lowest BCUT2D eigenvalue weighted by atomic mass is 10.3. The zero-order valence-electron chi connectivity index (χ0n) is 10.4. The van der Waals surface area contributed by atoms with E-state index >= 15 is 0 Å². The second kappa shape index (κ2) is 5.27. The van der Waals surface area contributed by atoms with Gasteiger partial charge in [-0.15, -0.1) is 0 Å². The minimum atomic E-state index is -2.13. The van der Waals surface area contributed by atoms with Crippen LogP contribution in [0.2, 0.25) is 0 Å². The van der Waals surface area contributed by atoms with Crippen molar-refractivity contribution in [2.24, 2.45) is 0 Å². The minimum absolute atomic E-state index is 0.106.